The van der Waals surface area contributed by atoms with Crippen molar-refractivity contribution in [3.8, 4) is 0 Å². The minimum Gasteiger partial charge on any atom is -0.480 e. The molecule has 1 fully saturated rings. The van der Waals surface area contributed by atoms with Crippen LogP contribution in [-0.2, 0) is 4.79 Å². The maximum absolute atomic E-state index is 10.7. The summed E-state index contributed by atoms with van der Waals surface area (Å²) >= 11 is 0. The van der Waals surface area contributed by atoms with E-state index in [1.165, 1.54) is 0 Å². The molecule has 1 saturated heterocycles. The summed E-state index contributed by atoms with van der Waals surface area (Å²) in [6.45, 7) is 5.90. The first kappa shape index (κ1) is 8.53. The van der Waals surface area contributed by atoms with Gasteiger partial charge in [0.2, 0.25) is 0 Å². The van der Waals surface area contributed by atoms with Crippen molar-refractivity contribution in [2.75, 3.05) is 13.1 Å². The van der Waals surface area contributed by atoms with Crippen LogP contribution in [0.4, 0.5) is 0 Å². The van der Waals surface area contributed by atoms with Crippen molar-refractivity contribution in [3.63, 3.8) is 0 Å². The van der Waals surface area contributed by atoms with Crippen LogP contribution in [0.1, 0.15) is 20.3 Å². The van der Waals surface area contributed by atoms with E-state index in [0.717, 1.165) is 19.5 Å². The maximum Gasteiger partial charge on any atom is 0.320 e. The highest BCUT2D eigenvalue weighted by Crippen LogP contribution is 2.21. The third-order valence-electron chi connectivity index (χ3n) is 2.30. The highest BCUT2D eigenvalue weighted by atomic mass is 16.4. The van der Waals surface area contributed by atoms with Gasteiger partial charge in [0.05, 0.1) is 0 Å². The van der Waals surface area contributed by atoms with Gasteiger partial charge in [-0.15, -0.1) is 0 Å². The van der Waals surface area contributed by atoms with E-state index in [1.54, 1.807) is 0 Å². The van der Waals surface area contributed by atoms with Crippen LogP contribution >= 0.6 is 0 Å². The molecule has 0 saturated carbocycles. The maximum atomic E-state index is 10.7. The molecule has 1 N–H and O–H groups in total. The van der Waals surface area contributed by atoms with E-state index >= 15 is 0 Å². The molecule has 3 heteroatoms. The lowest BCUT2D eigenvalue weighted by Gasteiger charge is -2.17. The molecule has 0 spiro atoms. The smallest absolute Gasteiger partial charge is 0.320 e. The van der Waals surface area contributed by atoms with E-state index in [0.29, 0.717) is 5.92 Å². The molecule has 1 rings (SSSR count). The van der Waals surface area contributed by atoms with Crippen molar-refractivity contribution in [2.45, 2.75) is 26.3 Å². The summed E-state index contributed by atoms with van der Waals surface area (Å²) in [5, 5.41) is 8.79. The summed E-state index contributed by atoms with van der Waals surface area (Å²) in [5.41, 5.74) is 0. The van der Waals surface area contributed by atoms with Crippen molar-refractivity contribution < 1.29 is 9.90 Å². The monoisotopic (exact) mass is 157 g/mol. The van der Waals surface area contributed by atoms with Gasteiger partial charge in [-0.1, -0.05) is 13.8 Å². The number of nitrogens with zero attached hydrogens (tertiary/aromatic N) is 1. The highest BCUT2D eigenvalue weighted by Gasteiger charge is 2.33. The molecule has 0 aromatic heterocycles. The van der Waals surface area contributed by atoms with E-state index < -0.39 is 5.97 Å². The number of hydrogen-bond donors (Lipinski definition) is 1. The van der Waals surface area contributed by atoms with Crippen molar-refractivity contribution in [3.05, 3.63) is 0 Å². The van der Waals surface area contributed by atoms with E-state index in [1.807, 2.05) is 11.8 Å². The van der Waals surface area contributed by atoms with Gasteiger partial charge in [0.15, 0.2) is 0 Å². The Hall–Kier alpha value is -0.570. The lowest BCUT2D eigenvalue weighted by Crippen LogP contribution is -2.35. The number of hydrogen-bond acceptors (Lipinski definition) is 2. The molecular formula is C8H15NO2. The lowest BCUT2D eigenvalue weighted by atomic mass is 10.1. The Kier molecular flexibility index (Phi) is 2.49. The van der Waals surface area contributed by atoms with Gasteiger partial charge in [0, 0.05) is 6.54 Å². The zero-order valence-electron chi connectivity index (χ0n) is 7.08. The van der Waals surface area contributed by atoms with Crippen LogP contribution in [0.3, 0.4) is 0 Å². The Morgan fingerprint density at radius 3 is 2.73 bits per heavy atom. The van der Waals surface area contributed by atoms with Crippen LogP contribution < -0.4 is 0 Å². The molecule has 2 atom stereocenters. The fraction of sp³-hybridized carbons (Fsp3) is 0.875. The summed E-state index contributed by atoms with van der Waals surface area (Å²) < 4.78 is 0. The van der Waals surface area contributed by atoms with Crippen LogP contribution in [0.15, 0.2) is 0 Å². The average molecular weight is 157 g/mol. The van der Waals surface area contributed by atoms with Gasteiger partial charge in [-0.2, -0.15) is 0 Å². The molecule has 0 amide bonds. The van der Waals surface area contributed by atoms with E-state index in [2.05, 4.69) is 6.92 Å². The minimum atomic E-state index is -0.670. The van der Waals surface area contributed by atoms with Crippen molar-refractivity contribution in [1.29, 1.82) is 0 Å². The third-order valence-corrected chi connectivity index (χ3v) is 2.30. The first-order valence-corrected chi connectivity index (χ1v) is 4.12. The number of carboxylic acid groups (broad SMARTS) is 1. The number of likely N-dealkylation sites (N-methyl/N-ethyl adjacent to an activating group) is 1. The normalized spacial score (nSPS) is 32.5. The number of carboxylic acids is 1. The molecule has 0 aliphatic carbocycles. The Labute approximate surface area is 67.0 Å². The standard InChI is InChI=1S/C8H15NO2/c1-3-9-5-6(2)4-7(9)8(10)11/h6-7H,3-5H2,1-2H3,(H,10,11). The SMILES string of the molecule is CCN1CC(C)CC1C(=O)O. The molecule has 1 aliphatic heterocycles. The predicted molar refractivity (Wildman–Crippen MR) is 42.5 cm³/mol. The van der Waals surface area contributed by atoms with Gasteiger partial charge >= 0.3 is 5.97 Å². The van der Waals surface area contributed by atoms with E-state index in [9.17, 15) is 4.79 Å². The minimum absolute atomic E-state index is 0.227. The topological polar surface area (TPSA) is 40.5 Å². The predicted octanol–water partition coefficient (Wildman–Crippen LogP) is 0.801. The summed E-state index contributed by atoms with van der Waals surface area (Å²) in [6, 6.07) is -0.227. The van der Waals surface area contributed by atoms with Gasteiger partial charge < -0.3 is 5.11 Å². The third kappa shape index (κ3) is 1.71. The second kappa shape index (κ2) is 3.22. The molecule has 11 heavy (non-hydrogen) atoms. The summed E-state index contributed by atoms with van der Waals surface area (Å²) in [7, 11) is 0. The van der Waals surface area contributed by atoms with Crippen LogP contribution in [-0.4, -0.2) is 35.1 Å². The molecule has 0 aromatic carbocycles. The van der Waals surface area contributed by atoms with Crippen LogP contribution in [0.5, 0.6) is 0 Å². The molecule has 1 heterocycles. The zero-order valence-corrected chi connectivity index (χ0v) is 7.08. The Morgan fingerprint density at radius 2 is 2.36 bits per heavy atom. The summed E-state index contributed by atoms with van der Waals surface area (Å²) in [4.78, 5) is 12.7. The van der Waals surface area contributed by atoms with E-state index in [-0.39, 0.29) is 6.04 Å². The van der Waals surface area contributed by atoms with Crippen LogP contribution in [0.2, 0.25) is 0 Å². The Balaban J connectivity index is 2.57. The quantitative estimate of drug-likeness (QED) is 0.644. The van der Waals surface area contributed by atoms with Gasteiger partial charge in [-0.3, -0.25) is 9.69 Å². The Morgan fingerprint density at radius 1 is 1.73 bits per heavy atom. The van der Waals surface area contributed by atoms with Gasteiger partial charge in [-0.05, 0) is 18.9 Å². The van der Waals surface area contributed by atoms with Gasteiger partial charge in [-0.25, -0.2) is 0 Å². The molecule has 1 aliphatic rings. The van der Waals surface area contributed by atoms with Crippen LogP contribution in [0, 0.1) is 5.92 Å². The fourth-order valence-corrected chi connectivity index (χ4v) is 1.74. The average Bonchev–Trinajstić information content (AvgIpc) is 2.30. The van der Waals surface area contributed by atoms with Crippen molar-refractivity contribution >= 4 is 5.97 Å². The highest BCUT2D eigenvalue weighted by molar-refractivity contribution is 5.73. The molecular weight excluding hydrogens is 142 g/mol. The number of likely N-dealkylation sites (tertiary alicyclic amines) is 1. The summed E-state index contributed by atoms with van der Waals surface area (Å²) in [6.07, 6.45) is 0.809. The molecule has 64 valence electrons. The fourth-order valence-electron chi connectivity index (χ4n) is 1.74. The molecule has 0 bridgehead atoms. The Bertz CT molecular complexity index is 158. The van der Waals surface area contributed by atoms with Crippen molar-refractivity contribution in [2.24, 2.45) is 5.92 Å². The molecule has 0 aromatic rings. The van der Waals surface area contributed by atoms with Crippen LogP contribution in [0.25, 0.3) is 0 Å². The number of carbonyl (C=O) groups is 1. The number of aliphatic carboxylic acids is 1. The van der Waals surface area contributed by atoms with Gasteiger partial charge in [0.25, 0.3) is 0 Å². The zero-order chi connectivity index (χ0) is 8.43. The first-order valence-electron chi connectivity index (χ1n) is 4.12. The largest absolute Gasteiger partial charge is 0.480 e. The molecule has 2 unspecified atom stereocenters. The first-order chi connectivity index (χ1) is 5.15. The molecule has 0 radical (unpaired) electrons. The van der Waals surface area contributed by atoms with E-state index in [4.69, 9.17) is 5.11 Å². The second-order valence-electron chi connectivity index (χ2n) is 3.28. The molecule has 3 nitrogen and oxygen atoms in total. The number of rotatable bonds is 2. The summed E-state index contributed by atoms with van der Waals surface area (Å²) in [5.74, 6) is -0.132. The lowest BCUT2D eigenvalue weighted by molar-refractivity contribution is -0.142. The van der Waals surface area contributed by atoms with Crippen molar-refractivity contribution in [1.82, 2.24) is 4.90 Å². The second-order valence-corrected chi connectivity index (χ2v) is 3.28. The van der Waals surface area contributed by atoms with Gasteiger partial charge in [0.1, 0.15) is 6.04 Å².